The van der Waals surface area contributed by atoms with Crippen LogP contribution < -0.4 is 0 Å². The minimum absolute atomic E-state index is 0.0928. The number of hydrogen-bond acceptors (Lipinski definition) is 3. The van der Waals surface area contributed by atoms with E-state index in [1.54, 1.807) is 23.1 Å². The van der Waals surface area contributed by atoms with E-state index in [1.807, 2.05) is 24.3 Å². The highest BCUT2D eigenvalue weighted by molar-refractivity contribution is 7.98. The number of aliphatic hydroxyl groups excluding tert-OH is 1. The molecule has 92 valence electrons. The van der Waals surface area contributed by atoms with Gasteiger partial charge in [0.1, 0.15) is 6.61 Å². The molecule has 1 aromatic heterocycles. The van der Waals surface area contributed by atoms with Gasteiger partial charge < -0.3 is 5.11 Å². The molecule has 0 atom stereocenters. The molecule has 0 aliphatic rings. The molecule has 1 N–H and O–H groups in total. The summed E-state index contributed by atoms with van der Waals surface area (Å²) in [6.07, 6.45) is 0. The minimum atomic E-state index is -0.0928. The van der Waals surface area contributed by atoms with Crippen LogP contribution in [0.3, 0.4) is 0 Å². The Morgan fingerprint density at radius 3 is 2.94 bits per heavy atom. The van der Waals surface area contributed by atoms with Gasteiger partial charge in [0.05, 0.1) is 4.88 Å². The van der Waals surface area contributed by atoms with Crippen molar-refractivity contribution < 1.29 is 5.11 Å². The van der Waals surface area contributed by atoms with Crippen LogP contribution in [0.4, 0.5) is 0 Å². The smallest absolute Gasteiger partial charge is 0.104 e. The Balaban J connectivity index is 1.96. The first-order valence-corrected chi connectivity index (χ1v) is 7.53. The molecule has 0 unspecified atom stereocenters. The van der Waals surface area contributed by atoms with Gasteiger partial charge in [-0.25, -0.2) is 0 Å². The second-order valence-electron chi connectivity index (χ2n) is 3.47. The third kappa shape index (κ3) is 4.08. The predicted octanol–water partition coefficient (Wildman–Crippen LogP) is 4.04. The summed E-state index contributed by atoms with van der Waals surface area (Å²) in [5.41, 5.74) is 0. The number of hydrogen-bond donors (Lipinski definition) is 1. The van der Waals surface area contributed by atoms with Crippen molar-refractivity contribution >= 4 is 34.7 Å². The molecule has 2 aromatic rings. The van der Waals surface area contributed by atoms with Crippen LogP contribution in [0.25, 0.3) is 0 Å². The van der Waals surface area contributed by atoms with Gasteiger partial charge in [0.15, 0.2) is 0 Å². The monoisotopic (exact) mass is 294 g/mol. The van der Waals surface area contributed by atoms with Crippen molar-refractivity contribution in [3.05, 3.63) is 51.2 Å². The van der Waals surface area contributed by atoms with E-state index in [0.717, 1.165) is 15.7 Å². The van der Waals surface area contributed by atoms with Crippen LogP contribution in [-0.2, 0) is 5.75 Å². The molecule has 0 aliphatic heterocycles. The molecule has 18 heavy (non-hydrogen) atoms. The van der Waals surface area contributed by atoms with Gasteiger partial charge in [-0.3, -0.25) is 0 Å². The topological polar surface area (TPSA) is 20.2 Å². The molecule has 1 aromatic carbocycles. The van der Waals surface area contributed by atoms with E-state index in [-0.39, 0.29) is 6.61 Å². The quantitative estimate of drug-likeness (QED) is 0.681. The summed E-state index contributed by atoms with van der Waals surface area (Å²) in [5, 5.41) is 9.39. The minimum Gasteiger partial charge on any atom is -0.384 e. The number of halogens is 1. The summed E-state index contributed by atoms with van der Waals surface area (Å²) >= 11 is 9.35. The Bertz CT molecular complexity index is 581. The van der Waals surface area contributed by atoms with Crippen molar-refractivity contribution in [1.82, 2.24) is 0 Å². The van der Waals surface area contributed by atoms with Crippen LogP contribution in [-0.4, -0.2) is 11.7 Å². The molecule has 1 nitrogen and oxygen atoms in total. The molecule has 0 amide bonds. The molecule has 0 fully saturated rings. The first-order chi connectivity index (χ1) is 8.78. The van der Waals surface area contributed by atoms with E-state index in [9.17, 15) is 0 Å². The summed E-state index contributed by atoms with van der Waals surface area (Å²) in [6.45, 7) is -0.0928. The Morgan fingerprint density at radius 2 is 2.17 bits per heavy atom. The van der Waals surface area contributed by atoms with Crippen molar-refractivity contribution in [3.8, 4) is 11.8 Å². The fourth-order valence-corrected chi connectivity index (χ4v) is 3.50. The zero-order valence-electron chi connectivity index (χ0n) is 9.52. The number of rotatable bonds is 3. The Labute approximate surface area is 120 Å². The number of thioether (sulfide) groups is 1. The number of aliphatic hydroxyl groups is 1. The van der Waals surface area contributed by atoms with Crippen LogP contribution in [0, 0.1) is 11.8 Å². The largest absolute Gasteiger partial charge is 0.384 e. The van der Waals surface area contributed by atoms with Crippen molar-refractivity contribution in [2.45, 2.75) is 10.6 Å². The van der Waals surface area contributed by atoms with Gasteiger partial charge in [0, 0.05) is 20.5 Å². The van der Waals surface area contributed by atoms with Crippen molar-refractivity contribution in [2.24, 2.45) is 0 Å². The maximum atomic E-state index is 8.63. The standard InChI is InChI=1S/C14H11ClOS2/c15-11-3-1-4-13(9-11)17-10-14-7-6-12(18-14)5-2-8-16/h1,3-4,6-7,9,16H,8,10H2. The highest BCUT2D eigenvalue weighted by Gasteiger charge is 2.00. The molecule has 2 rings (SSSR count). The number of thiophene rings is 1. The van der Waals surface area contributed by atoms with E-state index in [4.69, 9.17) is 16.7 Å². The normalized spacial score (nSPS) is 9.89. The van der Waals surface area contributed by atoms with Gasteiger partial charge in [-0.05, 0) is 30.3 Å². The molecule has 0 spiro atoms. The molecule has 1 heterocycles. The first-order valence-electron chi connectivity index (χ1n) is 5.35. The summed E-state index contributed by atoms with van der Waals surface area (Å²) in [4.78, 5) is 3.42. The van der Waals surface area contributed by atoms with E-state index in [1.165, 1.54) is 9.77 Å². The van der Waals surface area contributed by atoms with Gasteiger partial charge >= 0.3 is 0 Å². The summed E-state index contributed by atoms with van der Waals surface area (Å²) < 4.78 is 0. The van der Waals surface area contributed by atoms with Crippen molar-refractivity contribution in [1.29, 1.82) is 0 Å². The van der Waals surface area contributed by atoms with Gasteiger partial charge in [-0.1, -0.05) is 29.5 Å². The number of benzene rings is 1. The van der Waals surface area contributed by atoms with Crippen LogP contribution >= 0.6 is 34.7 Å². The van der Waals surface area contributed by atoms with E-state index in [2.05, 4.69) is 24.0 Å². The zero-order valence-corrected chi connectivity index (χ0v) is 11.9. The van der Waals surface area contributed by atoms with E-state index < -0.39 is 0 Å². The van der Waals surface area contributed by atoms with Crippen LogP contribution in [0.15, 0.2) is 41.3 Å². The summed E-state index contributed by atoms with van der Waals surface area (Å²) in [7, 11) is 0. The average molecular weight is 295 g/mol. The molecule has 0 bridgehead atoms. The van der Waals surface area contributed by atoms with E-state index in [0.29, 0.717) is 0 Å². The van der Waals surface area contributed by atoms with Crippen LogP contribution in [0.5, 0.6) is 0 Å². The van der Waals surface area contributed by atoms with Crippen LogP contribution in [0.1, 0.15) is 9.75 Å². The molecule has 0 saturated carbocycles. The zero-order chi connectivity index (χ0) is 12.8. The molecule has 0 radical (unpaired) electrons. The molecule has 0 aliphatic carbocycles. The molecule has 0 saturated heterocycles. The SMILES string of the molecule is OCC#Cc1ccc(CSc2cccc(Cl)c2)s1. The lowest BCUT2D eigenvalue weighted by Crippen LogP contribution is -1.74. The van der Waals surface area contributed by atoms with Crippen molar-refractivity contribution in [3.63, 3.8) is 0 Å². The van der Waals surface area contributed by atoms with Gasteiger partial charge in [0.25, 0.3) is 0 Å². The average Bonchev–Trinajstić information content (AvgIpc) is 2.82. The highest BCUT2D eigenvalue weighted by atomic mass is 35.5. The second-order valence-corrected chi connectivity index (χ2v) is 6.13. The van der Waals surface area contributed by atoms with Gasteiger partial charge in [-0.15, -0.1) is 23.1 Å². The third-order valence-electron chi connectivity index (χ3n) is 2.13. The maximum absolute atomic E-state index is 8.63. The van der Waals surface area contributed by atoms with Crippen molar-refractivity contribution in [2.75, 3.05) is 6.61 Å². The van der Waals surface area contributed by atoms with Gasteiger partial charge in [-0.2, -0.15) is 0 Å². The lowest BCUT2D eigenvalue weighted by molar-refractivity contribution is 0.350. The molecular formula is C14H11ClOS2. The molecule has 4 heteroatoms. The third-order valence-corrected chi connectivity index (χ3v) is 4.59. The highest BCUT2D eigenvalue weighted by Crippen LogP contribution is 2.28. The fourth-order valence-electron chi connectivity index (χ4n) is 1.36. The second kappa shape index (κ2) is 6.86. The Morgan fingerprint density at radius 1 is 1.28 bits per heavy atom. The Hall–Kier alpha value is -0.920. The van der Waals surface area contributed by atoms with Gasteiger partial charge in [0.2, 0.25) is 0 Å². The molecular weight excluding hydrogens is 284 g/mol. The van der Waals surface area contributed by atoms with Crippen LogP contribution in [0.2, 0.25) is 5.02 Å². The lowest BCUT2D eigenvalue weighted by atomic mass is 10.4. The summed E-state index contributed by atoms with van der Waals surface area (Å²) in [6, 6.07) is 11.9. The first kappa shape index (κ1) is 13.5. The fraction of sp³-hybridized carbons (Fsp3) is 0.143. The van der Waals surface area contributed by atoms with E-state index >= 15 is 0 Å². The lowest BCUT2D eigenvalue weighted by Gasteiger charge is -1.99. The summed E-state index contributed by atoms with van der Waals surface area (Å²) in [5.74, 6) is 6.47. The Kier molecular flexibility index (Phi) is 5.15. The maximum Gasteiger partial charge on any atom is 0.104 e. The predicted molar refractivity (Wildman–Crippen MR) is 79.3 cm³/mol.